The highest BCUT2D eigenvalue weighted by atomic mass is 16.5. The van der Waals surface area contributed by atoms with Crippen molar-refractivity contribution in [3.05, 3.63) is 11.8 Å². The van der Waals surface area contributed by atoms with Crippen molar-refractivity contribution in [3.8, 4) is 0 Å². The number of nitrogens with zero attached hydrogens (tertiary/aromatic N) is 2. The minimum Gasteiger partial charge on any atom is -0.360 e. The molecule has 0 bridgehead atoms. The van der Waals surface area contributed by atoms with E-state index in [2.05, 4.69) is 34.5 Å². The van der Waals surface area contributed by atoms with Crippen molar-refractivity contribution in [1.82, 2.24) is 15.4 Å². The molecule has 1 unspecified atom stereocenters. The van der Waals surface area contributed by atoms with E-state index in [0.29, 0.717) is 11.6 Å². The zero-order valence-corrected chi connectivity index (χ0v) is 17.6. The maximum atomic E-state index is 12.8. The number of carbonyl (C=O) groups is 2. The summed E-state index contributed by atoms with van der Waals surface area (Å²) in [6.45, 7) is 8.40. The monoisotopic (exact) mass is 392 g/mol. The third kappa shape index (κ3) is 6.93. The fourth-order valence-electron chi connectivity index (χ4n) is 3.72. The minimum absolute atomic E-state index is 0.0378. The van der Waals surface area contributed by atoms with Gasteiger partial charge in [-0.25, -0.2) is 0 Å². The van der Waals surface area contributed by atoms with Crippen LogP contribution in [0.25, 0.3) is 0 Å². The normalized spacial score (nSPS) is 16.7. The van der Waals surface area contributed by atoms with E-state index in [4.69, 9.17) is 4.52 Å². The van der Waals surface area contributed by atoms with Crippen molar-refractivity contribution >= 4 is 17.6 Å². The molecular formula is C21H36N4O3. The van der Waals surface area contributed by atoms with E-state index in [0.717, 1.165) is 71.0 Å². The molecule has 1 aliphatic rings. The molecule has 1 aromatic heterocycles. The number of piperidine rings is 1. The Morgan fingerprint density at radius 1 is 1.21 bits per heavy atom. The van der Waals surface area contributed by atoms with E-state index >= 15 is 0 Å². The summed E-state index contributed by atoms with van der Waals surface area (Å²) >= 11 is 0. The van der Waals surface area contributed by atoms with Gasteiger partial charge in [0, 0.05) is 18.5 Å². The Bertz CT molecular complexity index is 609. The van der Waals surface area contributed by atoms with Crippen molar-refractivity contribution in [1.29, 1.82) is 0 Å². The van der Waals surface area contributed by atoms with Crippen LogP contribution in [0.1, 0.15) is 71.0 Å². The number of amides is 2. The van der Waals surface area contributed by atoms with Crippen LogP contribution in [0.15, 0.2) is 10.6 Å². The van der Waals surface area contributed by atoms with Crippen molar-refractivity contribution in [2.75, 3.05) is 25.0 Å². The highest BCUT2D eigenvalue weighted by Crippen LogP contribution is 2.22. The molecule has 158 valence electrons. The summed E-state index contributed by atoms with van der Waals surface area (Å²) in [5, 5.41) is 9.81. The van der Waals surface area contributed by atoms with Crippen molar-refractivity contribution in [2.24, 2.45) is 5.92 Å². The quantitative estimate of drug-likeness (QED) is 0.563. The van der Waals surface area contributed by atoms with Gasteiger partial charge < -0.3 is 15.2 Å². The Morgan fingerprint density at radius 3 is 2.54 bits per heavy atom. The molecule has 1 atom stereocenters. The number of aromatic nitrogens is 1. The van der Waals surface area contributed by atoms with Crippen molar-refractivity contribution in [2.45, 2.75) is 78.2 Å². The highest BCUT2D eigenvalue weighted by Gasteiger charge is 2.32. The third-order valence-corrected chi connectivity index (χ3v) is 5.43. The average molecular weight is 393 g/mol. The summed E-state index contributed by atoms with van der Waals surface area (Å²) in [5.74, 6) is 1.33. The fourth-order valence-corrected chi connectivity index (χ4v) is 3.72. The Morgan fingerprint density at radius 2 is 1.93 bits per heavy atom. The van der Waals surface area contributed by atoms with Crippen LogP contribution in [0.5, 0.6) is 0 Å². The molecule has 0 aromatic carbocycles. The summed E-state index contributed by atoms with van der Waals surface area (Å²) in [5.41, 5.74) is 0. The second-order valence-electron chi connectivity index (χ2n) is 7.78. The van der Waals surface area contributed by atoms with Crippen molar-refractivity contribution < 1.29 is 14.1 Å². The highest BCUT2D eigenvalue weighted by molar-refractivity contribution is 5.94. The predicted molar refractivity (Wildman–Crippen MR) is 110 cm³/mol. The zero-order valence-electron chi connectivity index (χ0n) is 17.6. The summed E-state index contributed by atoms with van der Waals surface area (Å²) in [4.78, 5) is 27.4. The van der Waals surface area contributed by atoms with E-state index in [-0.39, 0.29) is 23.8 Å². The number of carbonyl (C=O) groups excluding carboxylic acids is 2. The largest absolute Gasteiger partial charge is 0.360 e. The Labute approximate surface area is 168 Å². The molecule has 28 heavy (non-hydrogen) atoms. The van der Waals surface area contributed by atoms with Gasteiger partial charge in [0.2, 0.25) is 11.8 Å². The summed E-state index contributed by atoms with van der Waals surface area (Å²) < 4.78 is 5.04. The summed E-state index contributed by atoms with van der Waals surface area (Å²) in [6.07, 6.45) is 7.81. The van der Waals surface area contributed by atoms with Gasteiger partial charge in [0.1, 0.15) is 5.76 Å². The van der Waals surface area contributed by atoms with Crippen LogP contribution in [0.4, 0.5) is 5.82 Å². The number of hydrogen-bond acceptors (Lipinski definition) is 5. The fraction of sp³-hybridized carbons (Fsp3) is 0.762. The molecule has 1 aromatic rings. The maximum absolute atomic E-state index is 12.8. The summed E-state index contributed by atoms with van der Waals surface area (Å²) in [6, 6.07) is 1.54. The Hall–Kier alpha value is -1.89. The lowest BCUT2D eigenvalue weighted by Crippen LogP contribution is -2.49. The van der Waals surface area contributed by atoms with Gasteiger partial charge in [-0.15, -0.1) is 0 Å². The van der Waals surface area contributed by atoms with Crippen LogP contribution in [0.3, 0.4) is 0 Å². The van der Waals surface area contributed by atoms with Gasteiger partial charge in [-0.1, -0.05) is 44.7 Å². The van der Waals surface area contributed by atoms with Gasteiger partial charge >= 0.3 is 0 Å². The number of unbranched alkanes of at least 4 members (excludes halogenated alkanes) is 3. The van der Waals surface area contributed by atoms with Gasteiger partial charge in [-0.2, -0.15) is 0 Å². The molecule has 1 fully saturated rings. The second-order valence-corrected chi connectivity index (χ2v) is 7.78. The number of anilines is 1. The first-order valence-electron chi connectivity index (χ1n) is 10.8. The first-order valence-corrected chi connectivity index (χ1v) is 10.8. The molecule has 0 spiro atoms. The van der Waals surface area contributed by atoms with Crippen LogP contribution in [0, 0.1) is 12.8 Å². The van der Waals surface area contributed by atoms with Crippen LogP contribution in [-0.2, 0) is 9.59 Å². The molecular weight excluding hydrogens is 356 g/mol. The lowest BCUT2D eigenvalue weighted by atomic mass is 9.93. The number of nitrogens with one attached hydrogen (secondary N) is 2. The molecule has 0 aliphatic carbocycles. The molecule has 1 saturated heterocycles. The standard InChI is InChI=1S/C21H36N4O3/c1-4-6-8-12-22-20(26)17-10-13-25(14-11-17)18(9-7-5-2)21(27)23-19-15-16(3)28-24-19/h15,17-18H,4-14H2,1-3H3,(H,22,26)(H,23,24,27). The van der Waals surface area contributed by atoms with Gasteiger partial charge in [-0.3, -0.25) is 14.5 Å². The van der Waals surface area contributed by atoms with Crippen molar-refractivity contribution in [3.63, 3.8) is 0 Å². The summed E-state index contributed by atoms with van der Waals surface area (Å²) in [7, 11) is 0. The maximum Gasteiger partial charge on any atom is 0.242 e. The molecule has 7 heteroatoms. The third-order valence-electron chi connectivity index (χ3n) is 5.43. The SMILES string of the molecule is CCCCCNC(=O)C1CCN(C(CCCC)C(=O)Nc2cc(C)on2)CC1. The average Bonchev–Trinajstić information content (AvgIpc) is 3.10. The lowest BCUT2D eigenvalue weighted by Gasteiger charge is -2.36. The molecule has 2 amide bonds. The van der Waals surface area contributed by atoms with Crippen LogP contribution in [-0.4, -0.2) is 47.5 Å². The second kappa shape index (κ2) is 11.8. The number of likely N-dealkylation sites (tertiary alicyclic amines) is 1. The molecule has 2 N–H and O–H groups in total. The predicted octanol–water partition coefficient (Wildman–Crippen LogP) is 3.50. The number of rotatable bonds is 11. The first kappa shape index (κ1) is 22.4. The number of aryl methyl sites for hydroxylation is 1. The van der Waals surface area contributed by atoms with Gasteiger partial charge in [0.15, 0.2) is 5.82 Å². The molecule has 0 radical (unpaired) electrons. The Kier molecular flexibility index (Phi) is 9.47. The number of hydrogen-bond donors (Lipinski definition) is 2. The molecule has 1 aliphatic heterocycles. The zero-order chi connectivity index (χ0) is 20.4. The molecule has 2 rings (SSSR count). The van der Waals surface area contributed by atoms with Crippen LogP contribution >= 0.6 is 0 Å². The van der Waals surface area contributed by atoms with E-state index < -0.39 is 0 Å². The van der Waals surface area contributed by atoms with E-state index in [1.54, 1.807) is 13.0 Å². The first-order chi connectivity index (χ1) is 13.5. The van der Waals surface area contributed by atoms with Crippen LogP contribution < -0.4 is 10.6 Å². The van der Waals surface area contributed by atoms with E-state index in [1.807, 2.05) is 0 Å². The van der Waals surface area contributed by atoms with Gasteiger partial charge in [0.05, 0.1) is 6.04 Å². The van der Waals surface area contributed by atoms with Gasteiger partial charge in [0.25, 0.3) is 0 Å². The molecule has 2 heterocycles. The van der Waals surface area contributed by atoms with Crippen LogP contribution in [0.2, 0.25) is 0 Å². The molecule has 7 nitrogen and oxygen atoms in total. The molecule has 0 saturated carbocycles. The smallest absolute Gasteiger partial charge is 0.242 e. The Balaban J connectivity index is 1.85. The minimum atomic E-state index is -0.189. The van der Waals surface area contributed by atoms with E-state index in [1.165, 1.54) is 0 Å². The van der Waals surface area contributed by atoms with E-state index in [9.17, 15) is 9.59 Å². The van der Waals surface area contributed by atoms with Gasteiger partial charge in [-0.05, 0) is 45.7 Å². The lowest BCUT2D eigenvalue weighted by molar-refractivity contribution is -0.127. The topological polar surface area (TPSA) is 87.5 Å².